The predicted octanol–water partition coefficient (Wildman–Crippen LogP) is -0.00890. The van der Waals surface area contributed by atoms with Crippen molar-refractivity contribution >= 4 is 5.91 Å². The minimum Gasteiger partial charge on any atom is -0.358 e. The Hall–Kier alpha value is -0.830. The summed E-state index contributed by atoms with van der Waals surface area (Å²) in [6.07, 6.45) is 3.98. The van der Waals surface area contributed by atoms with Crippen LogP contribution >= 0.6 is 0 Å². The maximum Gasteiger partial charge on any atom is 0.241 e. The summed E-state index contributed by atoms with van der Waals surface area (Å²) < 4.78 is 0. The lowest BCUT2D eigenvalue weighted by atomic mass is 10.3. The molecule has 0 aromatic rings. The van der Waals surface area contributed by atoms with E-state index in [0.717, 1.165) is 0 Å². The Labute approximate surface area is 67.1 Å². The molecule has 3 nitrogen and oxygen atoms in total. The van der Waals surface area contributed by atoms with Crippen molar-refractivity contribution in [3.63, 3.8) is 0 Å². The number of hydrogen-bond acceptors (Lipinski definition) is 2. The molecule has 0 saturated carbocycles. The number of carbonyl (C=O) groups is 1. The highest BCUT2D eigenvalue weighted by Gasteiger charge is 2.26. The predicted molar refractivity (Wildman–Crippen MR) is 44.2 cm³/mol. The lowest BCUT2D eigenvalue weighted by Crippen LogP contribution is -2.42. The van der Waals surface area contributed by atoms with Crippen LogP contribution in [0.5, 0.6) is 0 Å². The fourth-order valence-corrected chi connectivity index (χ4v) is 1.21. The van der Waals surface area contributed by atoms with E-state index in [1.807, 2.05) is 24.1 Å². The van der Waals surface area contributed by atoms with Gasteiger partial charge in [-0.05, 0) is 14.0 Å². The fraction of sp³-hybridized carbons (Fsp3) is 0.625. The molecule has 0 fully saturated rings. The Morgan fingerprint density at radius 3 is 2.55 bits per heavy atom. The summed E-state index contributed by atoms with van der Waals surface area (Å²) in [6, 6.07) is 0.298. The van der Waals surface area contributed by atoms with Gasteiger partial charge in [0.2, 0.25) is 5.91 Å². The van der Waals surface area contributed by atoms with E-state index in [4.69, 9.17) is 0 Å². The van der Waals surface area contributed by atoms with Gasteiger partial charge in [-0.15, -0.1) is 0 Å². The maximum atomic E-state index is 11.2. The maximum absolute atomic E-state index is 11.2. The summed E-state index contributed by atoms with van der Waals surface area (Å²) in [5.41, 5.74) is 0. The summed E-state index contributed by atoms with van der Waals surface area (Å²) in [7, 11) is 3.61. The normalized spacial score (nSPS) is 30.8. The van der Waals surface area contributed by atoms with Crippen molar-refractivity contribution < 1.29 is 4.79 Å². The average molecular weight is 154 g/mol. The van der Waals surface area contributed by atoms with Gasteiger partial charge in [0.1, 0.15) is 6.04 Å². The molecule has 0 saturated heterocycles. The van der Waals surface area contributed by atoms with Crippen molar-refractivity contribution in [3.8, 4) is 0 Å². The molecule has 62 valence electrons. The highest BCUT2D eigenvalue weighted by molar-refractivity contribution is 5.84. The monoisotopic (exact) mass is 154 g/mol. The molecule has 11 heavy (non-hydrogen) atoms. The van der Waals surface area contributed by atoms with Crippen LogP contribution in [0.3, 0.4) is 0 Å². The summed E-state index contributed by atoms with van der Waals surface area (Å²) in [5, 5.41) is 2.63. The molecular weight excluding hydrogens is 140 g/mol. The molecule has 1 heterocycles. The van der Waals surface area contributed by atoms with Crippen LogP contribution in [0.4, 0.5) is 0 Å². The zero-order valence-corrected chi connectivity index (χ0v) is 7.16. The van der Waals surface area contributed by atoms with Crippen LogP contribution in [0.15, 0.2) is 12.2 Å². The van der Waals surface area contributed by atoms with Crippen molar-refractivity contribution in [2.24, 2.45) is 0 Å². The van der Waals surface area contributed by atoms with Gasteiger partial charge in [-0.3, -0.25) is 9.69 Å². The van der Waals surface area contributed by atoms with Crippen LogP contribution in [0, 0.1) is 0 Å². The molecule has 1 N–H and O–H groups in total. The number of rotatable bonds is 1. The van der Waals surface area contributed by atoms with Crippen LogP contribution in [-0.2, 0) is 4.79 Å². The first-order chi connectivity index (χ1) is 5.16. The third-order valence-electron chi connectivity index (χ3n) is 2.17. The number of amides is 1. The Bertz CT molecular complexity index is 189. The Kier molecular flexibility index (Phi) is 2.29. The van der Waals surface area contributed by atoms with Gasteiger partial charge in [-0.2, -0.15) is 0 Å². The molecule has 2 atom stereocenters. The molecule has 1 amide bonds. The molecule has 2 unspecified atom stereocenters. The van der Waals surface area contributed by atoms with Gasteiger partial charge in [0, 0.05) is 13.1 Å². The lowest BCUT2D eigenvalue weighted by Gasteiger charge is -2.21. The van der Waals surface area contributed by atoms with Crippen LogP contribution < -0.4 is 5.32 Å². The number of carbonyl (C=O) groups excluding carboxylic acids is 1. The quantitative estimate of drug-likeness (QED) is 0.539. The van der Waals surface area contributed by atoms with Crippen LogP contribution in [-0.4, -0.2) is 37.0 Å². The molecule has 0 aliphatic carbocycles. The second-order valence-electron chi connectivity index (χ2n) is 2.85. The molecule has 1 aliphatic heterocycles. The molecule has 0 aromatic carbocycles. The minimum atomic E-state index is -0.0741. The Morgan fingerprint density at radius 1 is 1.55 bits per heavy atom. The summed E-state index contributed by atoms with van der Waals surface area (Å²) in [5.74, 6) is 0.0631. The van der Waals surface area contributed by atoms with E-state index < -0.39 is 0 Å². The van der Waals surface area contributed by atoms with Gasteiger partial charge >= 0.3 is 0 Å². The van der Waals surface area contributed by atoms with E-state index in [2.05, 4.69) is 12.2 Å². The summed E-state index contributed by atoms with van der Waals surface area (Å²) in [6.45, 7) is 2.07. The number of likely N-dealkylation sites (N-methyl/N-ethyl adjacent to an activating group) is 2. The van der Waals surface area contributed by atoms with Gasteiger partial charge in [-0.25, -0.2) is 0 Å². The number of hydrogen-bond donors (Lipinski definition) is 1. The zero-order valence-electron chi connectivity index (χ0n) is 7.16. The first-order valence-corrected chi connectivity index (χ1v) is 3.78. The van der Waals surface area contributed by atoms with Crippen molar-refractivity contribution in [1.82, 2.24) is 10.2 Å². The second-order valence-corrected chi connectivity index (χ2v) is 2.85. The van der Waals surface area contributed by atoms with Gasteiger partial charge in [0.25, 0.3) is 0 Å². The van der Waals surface area contributed by atoms with E-state index in [-0.39, 0.29) is 11.9 Å². The van der Waals surface area contributed by atoms with Crippen molar-refractivity contribution in [2.45, 2.75) is 19.0 Å². The van der Waals surface area contributed by atoms with E-state index in [9.17, 15) is 4.79 Å². The van der Waals surface area contributed by atoms with Gasteiger partial charge in [-0.1, -0.05) is 12.2 Å². The van der Waals surface area contributed by atoms with Gasteiger partial charge in [0.15, 0.2) is 0 Å². The van der Waals surface area contributed by atoms with Gasteiger partial charge < -0.3 is 5.32 Å². The average Bonchev–Trinajstić information content (AvgIpc) is 2.32. The first-order valence-electron chi connectivity index (χ1n) is 3.78. The smallest absolute Gasteiger partial charge is 0.241 e. The zero-order chi connectivity index (χ0) is 8.43. The molecule has 0 aromatic heterocycles. The highest BCUT2D eigenvalue weighted by atomic mass is 16.2. The molecule has 3 heteroatoms. The number of nitrogens with one attached hydrogen (secondary N) is 1. The minimum absolute atomic E-state index is 0.0631. The van der Waals surface area contributed by atoms with Crippen molar-refractivity contribution in [2.75, 3.05) is 14.1 Å². The van der Waals surface area contributed by atoms with E-state index in [1.54, 1.807) is 7.05 Å². The Balaban J connectivity index is 2.62. The van der Waals surface area contributed by atoms with Crippen LogP contribution in [0.25, 0.3) is 0 Å². The molecule has 1 rings (SSSR count). The molecular formula is C8H14N2O. The van der Waals surface area contributed by atoms with Crippen LogP contribution in [0.2, 0.25) is 0 Å². The lowest BCUT2D eigenvalue weighted by molar-refractivity contribution is -0.123. The van der Waals surface area contributed by atoms with Crippen molar-refractivity contribution in [1.29, 1.82) is 0 Å². The summed E-state index contributed by atoms with van der Waals surface area (Å²) in [4.78, 5) is 13.2. The van der Waals surface area contributed by atoms with E-state index in [1.165, 1.54) is 0 Å². The molecule has 0 radical (unpaired) electrons. The van der Waals surface area contributed by atoms with E-state index in [0.29, 0.717) is 6.04 Å². The van der Waals surface area contributed by atoms with E-state index >= 15 is 0 Å². The molecule has 0 spiro atoms. The first kappa shape index (κ1) is 8.27. The fourth-order valence-electron chi connectivity index (χ4n) is 1.21. The topological polar surface area (TPSA) is 32.3 Å². The third-order valence-corrected chi connectivity index (χ3v) is 2.17. The SMILES string of the molecule is CNC(=O)C1C=CC(C)N1C. The van der Waals surface area contributed by atoms with Crippen LogP contribution in [0.1, 0.15) is 6.92 Å². The highest BCUT2D eigenvalue weighted by Crippen LogP contribution is 2.13. The van der Waals surface area contributed by atoms with Crippen molar-refractivity contribution in [3.05, 3.63) is 12.2 Å². The largest absolute Gasteiger partial charge is 0.358 e. The standard InChI is InChI=1S/C8H14N2O/c1-6-4-5-7(10(6)3)8(11)9-2/h4-7H,1-3H3,(H,9,11). The number of nitrogens with zero attached hydrogens (tertiary/aromatic N) is 1. The summed E-state index contributed by atoms with van der Waals surface area (Å²) >= 11 is 0. The molecule has 0 bridgehead atoms. The van der Waals surface area contributed by atoms with Gasteiger partial charge in [0.05, 0.1) is 0 Å². The third kappa shape index (κ3) is 1.43. The second kappa shape index (κ2) is 3.05. The molecule has 1 aliphatic rings. The Morgan fingerprint density at radius 2 is 2.18 bits per heavy atom.